The van der Waals surface area contributed by atoms with E-state index in [4.69, 9.17) is 20.6 Å². The second kappa shape index (κ2) is 7.14. The summed E-state index contributed by atoms with van der Waals surface area (Å²) < 4.78 is 10.8. The van der Waals surface area contributed by atoms with Gasteiger partial charge in [0, 0.05) is 12.5 Å². The number of amidine groups is 1. The number of ether oxygens (including phenoxy) is 2. The average molecular weight is 264 g/mol. The van der Waals surface area contributed by atoms with Gasteiger partial charge >= 0.3 is 0 Å². The van der Waals surface area contributed by atoms with Crippen LogP contribution in [-0.2, 0) is 11.3 Å². The molecule has 1 aromatic rings. The minimum atomic E-state index is -0.249. The molecule has 106 valence electrons. The minimum Gasteiger partial charge on any atom is -0.494 e. The Morgan fingerprint density at radius 3 is 2.74 bits per heavy atom. The van der Waals surface area contributed by atoms with Crippen LogP contribution in [0.1, 0.15) is 32.3 Å². The fourth-order valence-electron chi connectivity index (χ4n) is 1.73. The molecule has 19 heavy (non-hydrogen) atoms. The van der Waals surface area contributed by atoms with Crippen molar-refractivity contribution in [2.45, 2.75) is 33.3 Å². The molecule has 1 rings (SSSR count). The van der Waals surface area contributed by atoms with Gasteiger partial charge in [0.15, 0.2) is 0 Å². The quantitative estimate of drug-likeness (QED) is 0.431. The molecular weight excluding hydrogens is 240 g/mol. The molecule has 0 radical (unpaired) electrons. The third-order valence-electron chi connectivity index (χ3n) is 3.15. The van der Waals surface area contributed by atoms with Crippen LogP contribution in [0.25, 0.3) is 0 Å². The highest BCUT2D eigenvalue weighted by Crippen LogP contribution is 2.22. The van der Waals surface area contributed by atoms with Crippen molar-refractivity contribution in [3.63, 3.8) is 0 Å². The van der Waals surface area contributed by atoms with Crippen LogP contribution in [0.3, 0.4) is 0 Å². The standard InChI is InChI=1S/C15H24N2O2/c1-15(2,14(16)17)8-5-9-19-13-7-4-6-12(10-13)11-18-3/h4,6-7,10H,5,8-9,11H2,1-3H3,(H3,16,17). The predicted molar refractivity (Wildman–Crippen MR) is 77.6 cm³/mol. The molecule has 0 bridgehead atoms. The summed E-state index contributed by atoms with van der Waals surface area (Å²) in [6.07, 6.45) is 1.72. The highest BCUT2D eigenvalue weighted by atomic mass is 16.5. The molecule has 0 aliphatic rings. The molecular formula is C15H24N2O2. The first kappa shape index (κ1) is 15.5. The maximum absolute atomic E-state index is 7.49. The molecule has 1 aromatic carbocycles. The van der Waals surface area contributed by atoms with E-state index >= 15 is 0 Å². The van der Waals surface area contributed by atoms with Gasteiger partial charge in [-0.25, -0.2) is 0 Å². The second-order valence-electron chi connectivity index (χ2n) is 5.33. The van der Waals surface area contributed by atoms with Crippen LogP contribution in [0.15, 0.2) is 24.3 Å². The first-order chi connectivity index (χ1) is 8.95. The Kier molecular flexibility index (Phi) is 5.83. The van der Waals surface area contributed by atoms with Gasteiger partial charge in [0.25, 0.3) is 0 Å². The summed E-state index contributed by atoms with van der Waals surface area (Å²) in [6, 6.07) is 7.90. The van der Waals surface area contributed by atoms with Crippen molar-refractivity contribution in [2.24, 2.45) is 11.1 Å². The van der Waals surface area contributed by atoms with E-state index in [-0.39, 0.29) is 11.3 Å². The van der Waals surface area contributed by atoms with Crippen LogP contribution in [0.4, 0.5) is 0 Å². The smallest absolute Gasteiger partial charge is 0.119 e. The van der Waals surface area contributed by atoms with Crippen LogP contribution in [-0.4, -0.2) is 19.6 Å². The number of nitrogens with one attached hydrogen (secondary N) is 1. The van der Waals surface area contributed by atoms with Gasteiger partial charge in [0.2, 0.25) is 0 Å². The summed E-state index contributed by atoms with van der Waals surface area (Å²) in [5, 5.41) is 7.49. The summed E-state index contributed by atoms with van der Waals surface area (Å²) in [7, 11) is 1.68. The first-order valence-electron chi connectivity index (χ1n) is 6.51. The van der Waals surface area contributed by atoms with E-state index in [1.165, 1.54) is 0 Å². The van der Waals surface area contributed by atoms with Crippen LogP contribution in [0.5, 0.6) is 5.75 Å². The summed E-state index contributed by atoms with van der Waals surface area (Å²) in [5.41, 5.74) is 6.40. The second-order valence-corrected chi connectivity index (χ2v) is 5.33. The van der Waals surface area contributed by atoms with E-state index in [1.807, 2.05) is 38.1 Å². The summed E-state index contributed by atoms with van der Waals surface area (Å²) >= 11 is 0. The van der Waals surface area contributed by atoms with E-state index in [9.17, 15) is 0 Å². The zero-order valence-electron chi connectivity index (χ0n) is 12.0. The van der Waals surface area contributed by atoms with Gasteiger partial charge in [-0.3, -0.25) is 5.41 Å². The molecule has 0 amide bonds. The van der Waals surface area contributed by atoms with Crippen molar-refractivity contribution in [2.75, 3.05) is 13.7 Å². The lowest BCUT2D eigenvalue weighted by atomic mass is 9.87. The van der Waals surface area contributed by atoms with Gasteiger partial charge in [0.05, 0.1) is 19.0 Å². The van der Waals surface area contributed by atoms with Crippen molar-refractivity contribution >= 4 is 5.84 Å². The predicted octanol–water partition coefficient (Wildman–Crippen LogP) is 2.95. The molecule has 0 heterocycles. The Morgan fingerprint density at radius 2 is 2.11 bits per heavy atom. The van der Waals surface area contributed by atoms with Crippen LogP contribution in [0, 0.1) is 10.8 Å². The van der Waals surface area contributed by atoms with Crippen LogP contribution < -0.4 is 10.5 Å². The third-order valence-corrected chi connectivity index (χ3v) is 3.15. The lowest BCUT2D eigenvalue weighted by Crippen LogP contribution is -2.31. The number of nitrogens with two attached hydrogens (primary N) is 1. The molecule has 0 aliphatic heterocycles. The van der Waals surface area contributed by atoms with Gasteiger partial charge in [-0.15, -0.1) is 0 Å². The minimum absolute atomic E-state index is 0.231. The van der Waals surface area contributed by atoms with Gasteiger partial charge in [-0.1, -0.05) is 26.0 Å². The zero-order chi connectivity index (χ0) is 14.3. The molecule has 0 saturated carbocycles. The van der Waals surface area contributed by atoms with Crippen molar-refractivity contribution in [3.8, 4) is 5.75 Å². The van der Waals surface area contributed by atoms with E-state index in [0.29, 0.717) is 13.2 Å². The number of methoxy groups -OCH3 is 1. The SMILES string of the molecule is COCc1cccc(OCCCC(C)(C)C(=N)N)c1. The molecule has 0 unspecified atom stereocenters. The van der Waals surface area contributed by atoms with E-state index in [0.717, 1.165) is 24.2 Å². The van der Waals surface area contributed by atoms with E-state index in [1.54, 1.807) is 7.11 Å². The van der Waals surface area contributed by atoms with Crippen LogP contribution in [0.2, 0.25) is 0 Å². The van der Waals surface area contributed by atoms with Crippen molar-refractivity contribution in [3.05, 3.63) is 29.8 Å². The number of hydrogen-bond acceptors (Lipinski definition) is 3. The molecule has 4 nitrogen and oxygen atoms in total. The molecule has 0 spiro atoms. The maximum atomic E-state index is 7.49. The molecule has 0 aliphatic carbocycles. The Morgan fingerprint density at radius 1 is 1.37 bits per heavy atom. The van der Waals surface area contributed by atoms with Gasteiger partial charge < -0.3 is 15.2 Å². The Labute approximate surface area is 115 Å². The van der Waals surface area contributed by atoms with E-state index in [2.05, 4.69) is 0 Å². The Balaban J connectivity index is 2.37. The highest BCUT2D eigenvalue weighted by Gasteiger charge is 2.20. The molecule has 0 saturated heterocycles. The zero-order valence-corrected chi connectivity index (χ0v) is 12.0. The van der Waals surface area contributed by atoms with Gasteiger partial charge in [-0.05, 0) is 30.5 Å². The highest BCUT2D eigenvalue weighted by molar-refractivity contribution is 5.82. The topological polar surface area (TPSA) is 68.3 Å². The fourth-order valence-corrected chi connectivity index (χ4v) is 1.73. The fraction of sp³-hybridized carbons (Fsp3) is 0.533. The molecule has 3 N–H and O–H groups in total. The van der Waals surface area contributed by atoms with Crippen molar-refractivity contribution < 1.29 is 9.47 Å². The molecule has 0 atom stereocenters. The van der Waals surface area contributed by atoms with Gasteiger partial charge in [0.1, 0.15) is 5.75 Å². The Hall–Kier alpha value is -1.55. The number of rotatable bonds is 8. The number of hydrogen-bond donors (Lipinski definition) is 2. The third kappa shape index (κ3) is 5.30. The van der Waals surface area contributed by atoms with Gasteiger partial charge in [-0.2, -0.15) is 0 Å². The maximum Gasteiger partial charge on any atom is 0.119 e. The first-order valence-corrected chi connectivity index (χ1v) is 6.51. The Bertz CT molecular complexity index is 416. The van der Waals surface area contributed by atoms with Crippen LogP contribution >= 0.6 is 0 Å². The van der Waals surface area contributed by atoms with Crippen molar-refractivity contribution in [1.82, 2.24) is 0 Å². The average Bonchev–Trinajstić information content (AvgIpc) is 2.35. The lowest BCUT2D eigenvalue weighted by molar-refractivity contribution is 0.184. The monoisotopic (exact) mass is 264 g/mol. The largest absolute Gasteiger partial charge is 0.494 e. The van der Waals surface area contributed by atoms with Crippen molar-refractivity contribution in [1.29, 1.82) is 5.41 Å². The molecule has 0 aromatic heterocycles. The molecule has 4 heteroatoms. The summed E-state index contributed by atoms with van der Waals surface area (Å²) in [6.45, 7) is 5.19. The summed E-state index contributed by atoms with van der Waals surface area (Å²) in [5.74, 6) is 1.09. The normalized spacial score (nSPS) is 11.3. The number of benzene rings is 1. The lowest BCUT2D eigenvalue weighted by Gasteiger charge is -2.22. The van der Waals surface area contributed by atoms with E-state index < -0.39 is 0 Å². The molecule has 0 fully saturated rings. The summed E-state index contributed by atoms with van der Waals surface area (Å²) in [4.78, 5) is 0.